The fraction of sp³-hybridized carbons (Fsp3) is 0. The van der Waals surface area contributed by atoms with Crippen LogP contribution in [-0.2, 0) is 0 Å². The van der Waals surface area contributed by atoms with E-state index in [2.05, 4.69) is 82.7 Å². The molecule has 0 saturated heterocycles. The number of hydrogen-bond acceptors (Lipinski definition) is 5. The Kier molecular flexibility index (Phi) is 3.49. The average molecular weight is 482 g/mol. The molecule has 6 heteroatoms. The van der Waals surface area contributed by atoms with Crippen LogP contribution < -0.4 is 21.3 Å². The zero-order valence-corrected chi connectivity index (χ0v) is 20.0. The minimum Gasteiger partial charge on any atom is -0.454 e. The molecule has 2 aromatic heterocycles. The molecule has 0 aliphatic carbocycles. The van der Waals surface area contributed by atoms with Crippen LogP contribution in [0.4, 0.5) is 17.1 Å². The molecule has 3 aliphatic rings. The van der Waals surface area contributed by atoms with Crippen molar-refractivity contribution >= 4 is 85.8 Å². The van der Waals surface area contributed by atoms with Gasteiger partial charge in [-0.05, 0) is 83.1 Å². The first-order chi connectivity index (χ1) is 17.3. The molecule has 0 unspecified atom stereocenters. The summed E-state index contributed by atoms with van der Waals surface area (Å²) in [5.74, 6) is 0. The fourth-order valence-electron chi connectivity index (χ4n) is 6.00. The van der Waals surface area contributed by atoms with Crippen LogP contribution in [0.2, 0.25) is 0 Å². The monoisotopic (exact) mass is 482 g/mol. The molecule has 35 heavy (non-hydrogen) atoms. The molecule has 0 saturated carbocycles. The van der Waals surface area contributed by atoms with Crippen molar-refractivity contribution in [1.82, 2.24) is 4.98 Å². The van der Waals surface area contributed by atoms with E-state index in [0.29, 0.717) is 0 Å². The number of hydrogen-bond donors (Lipinski definition) is 0. The van der Waals surface area contributed by atoms with Gasteiger partial charge >= 0.3 is 0 Å². The Morgan fingerprint density at radius 2 is 1.31 bits per heavy atom. The van der Waals surface area contributed by atoms with Gasteiger partial charge in [0.1, 0.15) is 11.1 Å². The van der Waals surface area contributed by atoms with Crippen LogP contribution in [0.3, 0.4) is 0 Å². The smallest absolute Gasteiger partial charge is 0.252 e. The molecule has 9 rings (SSSR count). The van der Waals surface area contributed by atoms with Crippen molar-refractivity contribution in [2.24, 2.45) is 0 Å². The standard InChI is InChI=1S/C29H15BN2OS2/c1-5-18-26-22(8-1)34-24-10-3-11-25-28(24)30(26)27-19(6-2-9-23(27)35-25)32(18)16-12-13-20-17(15-16)29-21(33-20)7-4-14-31-29/h1-15H. The lowest BCUT2D eigenvalue weighted by Gasteiger charge is -2.43. The molecule has 162 valence electrons. The zero-order valence-electron chi connectivity index (χ0n) is 18.4. The van der Waals surface area contributed by atoms with Crippen molar-refractivity contribution < 1.29 is 4.42 Å². The Morgan fingerprint density at radius 3 is 2.03 bits per heavy atom. The molecule has 0 amide bonds. The summed E-state index contributed by atoms with van der Waals surface area (Å²) in [7, 11) is 0. The number of aromatic nitrogens is 1. The molecule has 0 bridgehead atoms. The van der Waals surface area contributed by atoms with E-state index in [1.54, 1.807) is 0 Å². The lowest BCUT2D eigenvalue weighted by atomic mass is 9.34. The van der Waals surface area contributed by atoms with Crippen LogP contribution in [0.15, 0.2) is 115 Å². The molecule has 3 nitrogen and oxygen atoms in total. The number of anilines is 3. The third-order valence-corrected chi connectivity index (χ3v) is 9.67. The van der Waals surface area contributed by atoms with Crippen LogP contribution in [0.1, 0.15) is 0 Å². The Labute approximate surface area is 210 Å². The maximum atomic E-state index is 6.07. The van der Waals surface area contributed by atoms with Gasteiger partial charge in [-0.1, -0.05) is 41.7 Å². The van der Waals surface area contributed by atoms with E-state index in [4.69, 9.17) is 4.42 Å². The molecule has 0 spiro atoms. The predicted octanol–water partition coefficient (Wildman–Crippen LogP) is 6.21. The number of pyridine rings is 1. The number of benzene rings is 4. The van der Waals surface area contributed by atoms with Gasteiger partial charge in [0.15, 0.2) is 5.58 Å². The molecular formula is C29H15BN2OS2. The Balaban J connectivity index is 1.37. The summed E-state index contributed by atoms with van der Waals surface area (Å²) in [6.07, 6.45) is 1.83. The van der Waals surface area contributed by atoms with Crippen molar-refractivity contribution in [3.63, 3.8) is 0 Å². The molecule has 0 N–H and O–H groups in total. The minimum absolute atomic E-state index is 0.275. The fourth-order valence-corrected chi connectivity index (χ4v) is 8.47. The second-order valence-corrected chi connectivity index (χ2v) is 11.3. The van der Waals surface area contributed by atoms with Gasteiger partial charge in [-0.25, -0.2) is 0 Å². The van der Waals surface area contributed by atoms with Gasteiger partial charge in [0.05, 0.1) is 0 Å². The highest BCUT2D eigenvalue weighted by Gasteiger charge is 2.45. The molecule has 0 fully saturated rings. The van der Waals surface area contributed by atoms with Gasteiger partial charge in [0, 0.05) is 48.2 Å². The van der Waals surface area contributed by atoms with E-state index in [1.165, 1.54) is 47.3 Å². The molecular weight excluding hydrogens is 467 g/mol. The molecule has 4 aromatic carbocycles. The summed E-state index contributed by atoms with van der Waals surface area (Å²) in [5, 5.41) is 1.05. The SMILES string of the molecule is c1cc2c3c(c1)Sc1cccc4c1B3c1c(cccc1N4c1ccc3oc4cccnc4c3c1)S2. The predicted molar refractivity (Wildman–Crippen MR) is 146 cm³/mol. The minimum atomic E-state index is 0.275. The summed E-state index contributed by atoms with van der Waals surface area (Å²) in [6.45, 7) is 0.275. The number of fused-ring (bicyclic) bond motifs is 3. The quantitative estimate of drug-likeness (QED) is 0.260. The number of nitrogens with zero attached hydrogens (tertiary/aromatic N) is 2. The summed E-state index contributed by atoms with van der Waals surface area (Å²) in [5.41, 5.74) is 10.6. The normalized spacial score (nSPS) is 14.5. The molecule has 5 heterocycles. The second kappa shape index (κ2) is 6.53. The van der Waals surface area contributed by atoms with E-state index in [1.807, 2.05) is 41.9 Å². The van der Waals surface area contributed by atoms with E-state index in [9.17, 15) is 0 Å². The highest BCUT2D eigenvalue weighted by molar-refractivity contribution is 8.01. The van der Waals surface area contributed by atoms with E-state index < -0.39 is 0 Å². The lowest BCUT2D eigenvalue weighted by Crippen LogP contribution is -2.62. The van der Waals surface area contributed by atoms with Crippen molar-refractivity contribution in [3.05, 3.63) is 91.1 Å². The molecule has 6 aromatic rings. The topological polar surface area (TPSA) is 29.3 Å². The summed E-state index contributed by atoms with van der Waals surface area (Å²) < 4.78 is 6.07. The highest BCUT2D eigenvalue weighted by Crippen LogP contribution is 2.47. The first-order valence-corrected chi connectivity index (χ1v) is 13.3. The zero-order chi connectivity index (χ0) is 22.7. The third-order valence-electron chi connectivity index (χ3n) is 7.37. The van der Waals surface area contributed by atoms with Crippen LogP contribution >= 0.6 is 23.5 Å². The van der Waals surface area contributed by atoms with Crippen LogP contribution in [0, 0.1) is 0 Å². The highest BCUT2D eigenvalue weighted by atomic mass is 32.2. The van der Waals surface area contributed by atoms with Gasteiger partial charge in [0.25, 0.3) is 6.71 Å². The summed E-state index contributed by atoms with van der Waals surface area (Å²) >= 11 is 3.81. The van der Waals surface area contributed by atoms with E-state index in [-0.39, 0.29) is 6.71 Å². The average Bonchev–Trinajstić information content (AvgIpc) is 3.27. The van der Waals surface area contributed by atoms with Crippen molar-refractivity contribution in [2.75, 3.05) is 4.90 Å². The first-order valence-electron chi connectivity index (χ1n) is 11.7. The van der Waals surface area contributed by atoms with Crippen LogP contribution in [0.5, 0.6) is 0 Å². The van der Waals surface area contributed by atoms with Crippen LogP contribution in [0.25, 0.3) is 22.1 Å². The molecule has 0 radical (unpaired) electrons. The van der Waals surface area contributed by atoms with Crippen molar-refractivity contribution in [2.45, 2.75) is 19.6 Å². The Morgan fingerprint density at radius 1 is 0.657 bits per heavy atom. The summed E-state index contributed by atoms with van der Waals surface area (Å²) in [6, 6.07) is 30.7. The van der Waals surface area contributed by atoms with E-state index >= 15 is 0 Å². The number of rotatable bonds is 1. The number of furan rings is 1. The molecule has 0 atom stereocenters. The molecule has 3 aliphatic heterocycles. The lowest BCUT2D eigenvalue weighted by molar-refractivity contribution is 0.668. The Hall–Kier alpha value is -3.61. The van der Waals surface area contributed by atoms with Gasteiger partial charge in [-0.15, -0.1) is 0 Å². The van der Waals surface area contributed by atoms with Crippen molar-refractivity contribution in [1.29, 1.82) is 0 Å². The largest absolute Gasteiger partial charge is 0.454 e. The first kappa shape index (κ1) is 18.7. The van der Waals surface area contributed by atoms with Gasteiger partial charge in [0.2, 0.25) is 0 Å². The van der Waals surface area contributed by atoms with E-state index in [0.717, 1.165) is 27.8 Å². The summed E-state index contributed by atoms with van der Waals surface area (Å²) in [4.78, 5) is 12.5. The maximum Gasteiger partial charge on any atom is 0.252 e. The van der Waals surface area contributed by atoms with Gasteiger partial charge in [-0.3, -0.25) is 4.98 Å². The van der Waals surface area contributed by atoms with Gasteiger partial charge < -0.3 is 9.32 Å². The third kappa shape index (κ3) is 2.34. The van der Waals surface area contributed by atoms with Gasteiger partial charge in [-0.2, -0.15) is 0 Å². The Bertz CT molecular complexity index is 1820. The van der Waals surface area contributed by atoms with Crippen LogP contribution in [-0.4, -0.2) is 11.7 Å². The maximum absolute atomic E-state index is 6.07. The second-order valence-electron chi connectivity index (χ2n) is 9.15. The van der Waals surface area contributed by atoms with Crippen molar-refractivity contribution in [3.8, 4) is 0 Å².